The van der Waals surface area contributed by atoms with Crippen molar-refractivity contribution in [1.29, 1.82) is 0 Å². The Morgan fingerprint density at radius 3 is 2.64 bits per heavy atom. The van der Waals surface area contributed by atoms with Crippen LogP contribution in [0.15, 0.2) is 54.6 Å². The van der Waals surface area contributed by atoms with Crippen LogP contribution in [0.1, 0.15) is 16.8 Å². The van der Waals surface area contributed by atoms with E-state index in [4.69, 9.17) is 11.6 Å². The van der Waals surface area contributed by atoms with Gasteiger partial charge in [0.15, 0.2) is 0 Å². The molecule has 1 N–H and O–H groups in total. The zero-order chi connectivity index (χ0) is 17.2. The Kier molecular flexibility index (Phi) is 4.51. The van der Waals surface area contributed by atoms with Gasteiger partial charge in [0.1, 0.15) is 5.82 Å². The second-order valence-corrected chi connectivity index (χ2v) is 7.29. The van der Waals surface area contributed by atoms with Crippen molar-refractivity contribution in [3.05, 3.63) is 76.4 Å². The maximum Gasteiger partial charge on any atom is 0.229 e. The van der Waals surface area contributed by atoms with Gasteiger partial charge in [0.05, 0.1) is 17.8 Å². The van der Waals surface area contributed by atoms with Crippen molar-refractivity contribution in [2.45, 2.75) is 17.9 Å². The zero-order valence-corrected chi connectivity index (χ0v) is 15.0. The number of hydrogen-bond donors (Lipinski definition) is 1. The Hall–Kier alpha value is -2.24. The Morgan fingerprint density at radius 1 is 1.12 bits per heavy atom. The van der Waals surface area contributed by atoms with E-state index in [2.05, 4.69) is 10.4 Å². The lowest BCUT2D eigenvalue weighted by atomic mass is 10.1. The lowest BCUT2D eigenvalue weighted by Crippen LogP contribution is -2.18. The van der Waals surface area contributed by atoms with Gasteiger partial charge in [0.2, 0.25) is 5.91 Å². The normalized spacial score (nSPS) is 12.8. The maximum absolute atomic E-state index is 12.5. The molecular weight excluding hydrogens is 354 g/mol. The molecule has 0 aliphatic carbocycles. The summed E-state index contributed by atoms with van der Waals surface area (Å²) in [4.78, 5) is 12.5. The van der Waals surface area contributed by atoms with Crippen LogP contribution >= 0.6 is 23.4 Å². The largest absolute Gasteiger partial charge is 0.310 e. The standard InChI is InChI=1S/C19H16ClN3OS/c20-14-6-8-15(9-7-14)23-19(16-11-25-12-17(16)22-23)21-18(24)10-13-4-2-1-3-5-13/h1-9H,10-12H2,(H,21,24). The molecule has 25 heavy (non-hydrogen) atoms. The minimum absolute atomic E-state index is 0.0407. The van der Waals surface area contributed by atoms with E-state index in [0.29, 0.717) is 11.4 Å². The van der Waals surface area contributed by atoms with E-state index in [1.807, 2.05) is 71.0 Å². The first-order valence-corrected chi connectivity index (χ1v) is 9.52. The first-order valence-electron chi connectivity index (χ1n) is 7.99. The summed E-state index contributed by atoms with van der Waals surface area (Å²) in [6.45, 7) is 0. The molecule has 0 fully saturated rings. The highest BCUT2D eigenvalue weighted by molar-refractivity contribution is 7.98. The third-order valence-electron chi connectivity index (χ3n) is 4.09. The Morgan fingerprint density at radius 2 is 1.88 bits per heavy atom. The lowest BCUT2D eigenvalue weighted by molar-refractivity contribution is -0.115. The molecule has 1 amide bonds. The smallest absolute Gasteiger partial charge is 0.229 e. The summed E-state index contributed by atoms with van der Waals surface area (Å²) in [5.41, 5.74) is 4.03. The highest BCUT2D eigenvalue weighted by atomic mass is 35.5. The summed E-state index contributed by atoms with van der Waals surface area (Å²) in [6, 6.07) is 17.2. The molecule has 0 radical (unpaired) electrons. The highest BCUT2D eigenvalue weighted by Crippen LogP contribution is 2.36. The van der Waals surface area contributed by atoms with Crippen LogP contribution in [-0.2, 0) is 22.7 Å². The summed E-state index contributed by atoms with van der Waals surface area (Å²) in [6.07, 6.45) is 0.342. The third kappa shape index (κ3) is 3.43. The van der Waals surface area contributed by atoms with Crippen molar-refractivity contribution < 1.29 is 4.79 Å². The lowest BCUT2D eigenvalue weighted by Gasteiger charge is -2.11. The van der Waals surface area contributed by atoms with Gasteiger partial charge in [-0.25, -0.2) is 4.68 Å². The van der Waals surface area contributed by atoms with Crippen molar-refractivity contribution in [1.82, 2.24) is 9.78 Å². The zero-order valence-electron chi connectivity index (χ0n) is 13.4. The van der Waals surface area contributed by atoms with Gasteiger partial charge < -0.3 is 5.32 Å². The summed E-state index contributed by atoms with van der Waals surface area (Å²) in [5.74, 6) is 2.46. The summed E-state index contributed by atoms with van der Waals surface area (Å²) in [7, 11) is 0. The molecule has 4 rings (SSSR count). The first-order chi connectivity index (χ1) is 12.2. The molecule has 1 aliphatic heterocycles. The number of fused-ring (bicyclic) bond motifs is 1. The minimum atomic E-state index is -0.0407. The summed E-state index contributed by atoms with van der Waals surface area (Å²) >= 11 is 7.80. The number of rotatable bonds is 4. The SMILES string of the molecule is O=C(Cc1ccccc1)Nc1c2c(nn1-c1ccc(Cl)cc1)CSC2. The van der Waals surface area contributed by atoms with E-state index >= 15 is 0 Å². The number of carbonyl (C=O) groups is 1. The number of halogens is 1. The van der Waals surface area contributed by atoms with Gasteiger partial charge in [0, 0.05) is 22.1 Å². The van der Waals surface area contributed by atoms with Crippen molar-refractivity contribution in [2.75, 3.05) is 5.32 Å². The van der Waals surface area contributed by atoms with Gasteiger partial charge in [-0.05, 0) is 29.8 Å². The molecular formula is C19H16ClN3OS. The molecule has 0 unspecified atom stereocenters. The molecule has 126 valence electrons. The van der Waals surface area contributed by atoms with Crippen LogP contribution < -0.4 is 5.32 Å². The molecule has 2 aromatic carbocycles. The predicted molar refractivity (Wildman–Crippen MR) is 102 cm³/mol. The predicted octanol–water partition coefficient (Wildman–Crippen LogP) is 4.45. The maximum atomic E-state index is 12.5. The number of benzene rings is 2. The molecule has 0 saturated carbocycles. The third-order valence-corrected chi connectivity index (χ3v) is 5.31. The fourth-order valence-electron chi connectivity index (χ4n) is 2.87. The number of amides is 1. The topological polar surface area (TPSA) is 46.9 Å². The van der Waals surface area contributed by atoms with Crippen molar-refractivity contribution in [2.24, 2.45) is 0 Å². The van der Waals surface area contributed by atoms with Crippen LogP contribution in [0.2, 0.25) is 5.02 Å². The molecule has 0 atom stereocenters. The first kappa shape index (κ1) is 16.2. The van der Waals surface area contributed by atoms with Gasteiger partial charge >= 0.3 is 0 Å². The van der Waals surface area contributed by atoms with E-state index in [0.717, 1.165) is 39.8 Å². The number of anilines is 1. The van der Waals surface area contributed by atoms with E-state index < -0.39 is 0 Å². The van der Waals surface area contributed by atoms with Gasteiger partial charge in [-0.1, -0.05) is 41.9 Å². The van der Waals surface area contributed by atoms with E-state index in [1.54, 1.807) is 0 Å². The average molecular weight is 370 g/mol. The van der Waals surface area contributed by atoms with Crippen molar-refractivity contribution in [3.63, 3.8) is 0 Å². The molecule has 6 heteroatoms. The van der Waals surface area contributed by atoms with Gasteiger partial charge in [-0.2, -0.15) is 16.9 Å². The van der Waals surface area contributed by atoms with Crippen LogP contribution in [-0.4, -0.2) is 15.7 Å². The van der Waals surface area contributed by atoms with Crippen LogP contribution in [0.3, 0.4) is 0 Å². The molecule has 0 spiro atoms. The van der Waals surface area contributed by atoms with Crippen molar-refractivity contribution >= 4 is 35.1 Å². The highest BCUT2D eigenvalue weighted by Gasteiger charge is 2.24. The molecule has 3 aromatic rings. The Bertz CT molecular complexity index is 906. The molecule has 2 heterocycles. The van der Waals surface area contributed by atoms with Crippen LogP contribution in [0.25, 0.3) is 5.69 Å². The fourth-order valence-corrected chi connectivity index (χ4v) is 4.03. The van der Waals surface area contributed by atoms with Crippen LogP contribution in [0.5, 0.6) is 0 Å². The van der Waals surface area contributed by atoms with Crippen LogP contribution in [0.4, 0.5) is 5.82 Å². The Labute approximate surface area is 155 Å². The number of hydrogen-bond acceptors (Lipinski definition) is 3. The summed E-state index contributed by atoms with van der Waals surface area (Å²) in [5, 5.41) is 8.43. The number of nitrogens with one attached hydrogen (secondary N) is 1. The quantitative estimate of drug-likeness (QED) is 0.738. The number of aromatic nitrogens is 2. The molecule has 4 nitrogen and oxygen atoms in total. The molecule has 0 bridgehead atoms. The van der Waals surface area contributed by atoms with Gasteiger partial charge in [0.25, 0.3) is 0 Å². The second kappa shape index (κ2) is 6.94. The average Bonchev–Trinajstić information content (AvgIpc) is 3.19. The number of thioether (sulfide) groups is 1. The van der Waals surface area contributed by atoms with E-state index in [-0.39, 0.29) is 5.91 Å². The molecule has 0 saturated heterocycles. The number of nitrogens with zero attached hydrogens (tertiary/aromatic N) is 2. The molecule has 1 aliphatic rings. The van der Waals surface area contributed by atoms with Gasteiger partial charge in [-0.3, -0.25) is 4.79 Å². The number of carbonyl (C=O) groups excluding carboxylic acids is 1. The fraction of sp³-hybridized carbons (Fsp3) is 0.158. The summed E-state index contributed by atoms with van der Waals surface area (Å²) < 4.78 is 1.81. The van der Waals surface area contributed by atoms with Gasteiger partial charge in [-0.15, -0.1) is 0 Å². The second-order valence-electron chi connectivity index (χ2n) is 5.87. The monoisotopic (exact) mass is 369 g/mol. The minimum Gasteiger partial charge on any atom is -0.310 e. The molecule has 1 aromatic heterocycles. The van der Waals surface area contributed by atoms with Crippen molar-refractivity contribution in [3.8, 4) is 5.69 Å². The Balaban J connectivity index is 1.64. The van der Waals surface area contributed by atoms with E-state index in [1.165, 1.54) is 0 Å². The van der Waals surface area contributed by atoms with E-state index in [9.17, 15) is 4.79 Å². The van der Waals surface area contributed by atoms with Crippen LogP contribution in [0, 0.1) is 0 Å².